The van der Waals surface area contributed by atoms with Gasteiger partial charge in [0.25, 0.3) is 5.91 Å². The zero-order valence-corrected chi connectivity index (χ0v) is 15.3. The summed E-state index contributed by atoms with van der Waals surface area (Å²) in [5, 5.41) is 4.85. The first-order valence-electron chi connectivity index (χ1n) is 9.03. The zero-order valence-electron chi connectivity index (χ0n) is 14.6. The minimum Gasteiger partial charge on any atom is -0.368 e. The number of ether oxygens (including phenoxy) is 1. The number of hydrogen-bond donors (Lipinski definition) is 0. The Hall–Kier alpha value is -1.89. The lowest BCUT2D eigenvalue weighted by Crippen LogP contribution is -2.51. The molecule has 0 bridgehead atoms. The summed E-state index contributed by atoms with van der Waals surface area (Å²) in [5.41, 5.74) is 1.79. The van der Waals surface area contributed by atoms with Crippen LogP contribution < -0.4 is 0 Å². The van der Waals surface area contributed by atoms with E-state index in [0.29, 0.717) is 18.2 Å². The summed E-state index contributed by atoms with van der Waals surface area (Å²) in [6, 6.07) is 9.51. The molecule has 1 aromatic heterocycles. The minimum atomic E-state index is -0.224. The largest absolute Gasteiger partial charge is 0.368 e. The Kier molecular flexibility index (Phi) is 5.24. The average Bonchev–Trinajstić information content (AvgIpc) is 3.35. The topological polar surface area (TPSA) is 58.8 Å². The summed E-state index contributed by atoms with van der Waals surface area (Å²) in [6.45, 7) is 4.53. The van der Waals surface area contributed by atoms with Crippen molar-refractivity contribution >= 4 is 17.5 Å². The third-order valence-electron chi connectivity index (χ3n) is 4.97. The number of rotatable bonds is 4. The number of halogens is 1. The normalized spacial score (nSPS) is 21.3. The molecule has 4 rings (SSSR count). The standard InChI is InChI=1S/C19H22ClN3O3/c20-15-5-3-14(4-6-15)17-12-16(26-21-17)13-22-7-9-23(10-8-22)19(24)18-2-1-11-25-18/h3-6,12,18H,1-2,7-11,13H2. The average molecular weight is 376 g/mol. The second-order valence-electron chi connectivity index (χ2n) is 6.79. The van der Waals surface area contributed by atoms with E-state index in [4.69, 9.17) is 20.9 Å². The Morgan fingerprint density at radius 2 is 1.96 bits per heavy atom. The molecule has 0 radical (unpaired) electrons. The SMILES string of the molecule is O=C(C1CCCO1)N1CCN(Cc2cc(-c3ccc(Cl)cc3)no2)CC1. The zero-order chi connectivity index (χ0) is 17.9. The van der Waals surface area contributed by atoms with Crippen molar-refractivity contribution in [3.63, 3.8) is 0 Å². The molecule has 7 heteroatoms. The fraction of sp³-hybridized carbons (Fsp3) is 0.474. The van der Waals surface area contributed by atoms with Gasteiger partial charge in [-0.2, -0.15) is 0 Å². The predicted octanol–water partition coefficient (Wildman–Crippen LogP) is 2.82. The van der Waals surface area contributed by atoms with Crippen LogP contribution in [0.4, 0.5) is 0 Å². The maximum absolute atomic E-state index is 12.4. The highest BCUT2D eigenvalue weighted by Gasteiger charge is 2.30. The van der Waals surface area contributed by atoms with Crippen LogP contribution >= 0.6 is 11.6 Å². The molecule has 1 aromatic carbocycles. The highest BCUT2D eigenvalue weighted by atomic mass is 35.5. The predicted molar refractivity (Wildman–Crippen MR) is 97.8 cm³/mol. The van der Waals surface area contributed by atoms with Crippen LogP contribution in [0.15, 0.2) is 34.9 Å². The van der Waals surface area contributed by atoms with E-state index in [1.807, 2.05) is 35.2 Å². The molecule has 0 saturated carbocycles. The van der Waals surface area contributed by atoms with Crippen molar-refractivity contribution in [2.75, 3.05) is 32.8 Å². The maximum Gasteiger partial charge on any atom is 0.251 e. The first-order chi connectivity index (χ1) is 12.7. The quantitative estimate of drug-likeness (QED) is 0.822. The van der Waals surface area contributed by atoms with E-state index in [9.17, 15) is 4.79 Å². The highest BCUT2D eigenvalue weighted by molar-refractivity contribution is 6.30. The van der Waals surface area contributed by atoms with Gasteiger partial charge < -0.3 is 14.2 Å². The molecule has 1 atom stereocenters. The van der Waals surface area contributed by atoms with Gasteiger partial charge in [0.2, 0.25) is 0 Å². The molecule has 3 heterocycles. The molecule has 1 amide bonds. The molecule has 138 valence electrons. The van der Waals surface area contributed by atoms with Crippen molar-refractivity contribution in [1.29, 1.82) is 0 Å². The van der Waals surface area contributed by atoms with Crippen molar-refractivity contribution in [2.24, 2.45) is 0 Å². The smallest absolute Gasteiger partial charge is 0.251 e. The van der Waals surface area contributed by atoms with Crippen LogP contribution in [0.5, 0.6) is 0 Å². The number of piperazine rings is 1. The molecular weight excluding hydrogens is 354 g/mol. The van der Waals surface area contributed by atoms with Gasteiger partial charge in [-0.25, -0.2) is 0 Å². The monoisotopic (exact) mass is 375 g/mol. The Bertz CT molecular complexity index is 748. The minimum absolute atomic E-state index is 0.145. The second kappa shape index (κ2) is 7.78. The van der Waals surface area contributed by atoms with Crippen molar-refractivity contribution in [3.8, 4) is 11.3 Å². The van der Waals surface area contributed by atoms with Gasteiger partial charge in [-0.3, -0.25) is 9.69 Å². The summed E-state index contributed by atoms with van der Waals surface area (Å²) in [6.07, 6.45) is 1.61. The van der Waals surface area contributed by atoms with Crippen molar-refractivity contribution in [2.45, 2.75) is 25.5 Å². The van der Waals surface area contributed by atoms with Crippen LogP contribution in [0.1, 0.15) is 18.6 Å². The van der Waals surface area contributed by atoms with Gasteiger partial charge in [0.05, 0.1) is 6.54 Å². The van der Waals surface area contributed by atoms with E-state index >= 15 is 0 Å². The fourth-order valence-electron chi connectivity index (χ4n) is 3.47. The Labute approximate surface area is 157 Å². The summed E-state index contributed by atoms with van der Waals surface area (Å²) < 4.78 is 11.0. The van der Waals surface area contributed by atoms with Crippen LogP contribution in [0.3, 0.4) is 0 Å². The van der Waals surface area contributed by atoms with Gasteiger partial charge in [0.1, 0.15) is 11.8 Å². The number of nitrogens with zero attached hydrogens (tertiary/aromatic N) is 3. The first kappa shape index (κ1) is 17.5. The maximum atomic E-state index is 12.4. The molecule has 6 nitrogen and oxygen atoms in total. The molecule has 26 heavy (non-hydrogen) atoms. The number of amides is 1. The summed E-state index contributed by atoms with van der Waals surface area (Å²) in [4.78, 5) is 16.6. The van der Waals surface area contributed by atoms with E-state index in [0.717, 1.165) is 56.0 Å². The molecule has 2 aliphatic rings. The molecule has 2 aliphatic heterocycles. The molecule has 0 spiro atoms. The molecule has 2 fully saturated rings. The van der Waals surface area contributed by atoms with Crippen LogP contribution in [-0.2, 0) is 16.1 Å². The Balaban J connectivity index is 1.30. The lowest BCUT2D eigenvalue weighted by atomic mass is 10.1. The molecule has 2 aromatic rings. The summed E-state index contributed by atoms with van der Waals surface area (Å²) in [7, 11) is 0. The van der Waals surface area contributed by atoms with Crippen molar-refractivity contribution in [3.05, 3.63) is 41.1 Å². The number of hydrogen-bond acceptors (Lipinski definition) is 5. The van der Waals surface area contributed by atoms with Crippen molar-refractivity contribution in [1.82, 2.24) is 15.0 Å². The molecule has 0 N–H and O–H groups in total. The first-order valence-corrected chi connectivity index (χ1v) is 9.41. The summed E-state index contributed by atoms with van der Waals surface area (Å²) in [5.74, 6) is 0.973. The Morgan fingerprint density at radius 3 is 2.65 bits per heavy atom. The number of carbonyl (C=O) groups is 1. The van der Waals surface area contributed by atoms with E-state index in [1.54, 1.807) is 0 Å². The van der Waals surface area contributed by atoms with Crippen molar-refractivity contribution < 1.29 is 14.1 Å². The van der Waals surface area contributed by atoms with Crippen LogP contribution in [0.2, 0.25) is 5.02 Å². The van der Waals surface area contributed by atoms with Gasteiger partial charge in [-0.1, -0.05) is 28.9 Å². The molecular formula is C19H22ClN3O3. The van der Waals surface area contributed by atoms with E-state index in [1.165, 1.54) is 0 Å². The highest BCUT2D eigenvalue weighted by Crippen LogP contribution is 2.22. The summed E-state index contributed by atoms with van der Waals surface area (Å²) >= 11 is 5.92. The van der Waals surface area contributed by atoms with E-state index < -0.39 is 0 Å². The Morgan fingerprint density at radius 1 is 1.19 bits per heavy atom. The van der Waals surface area contributed by atoms with Gasteiger partial charge in [-0.05, 0) is 25.0 Å². The van der Waals surface area contributed by atoms with Crippen LogP contribution in [-0.4, -0.2) is 59.8 Å². The van der Waals surface area contributed by atoms with Gasteiger partial charge in [-0.15, -0.1) is 0 Å². The van der Waals surface area contributed by atoms with Crippen LogP contribution in [0.25, 0.3) is 11.3 Å². The molecule has 2 saturated heterocycles. The fourth-order valence-corrected chi connectivity index (χ4v) is 3.59. The number of benzene rings is 1. The number of aromatic nitrogens is 1. The van der Waals surface area contributed by atoms with E-state index in [2.05, 4.69) is 10.1 Å². The molecule has 1 unspecified atom stereocenters. The lowest BCUT2D eigenvalue weighted by molar-refractivity contribution is -0.142. The van der Waals surface area contributed by atoms with Gasteiger partial charge in [0, 0.05) is 49.4 Å². The lowest BCUT2D eigenvalue weighted by Gasteiger charge is -2.35. The third-order valence-corrected chi connectivity index (χ3v) is 5.22. The van der Waals surface area contributed by atoms with Gasteiger partial charge >= 0.3 is 0 Å². The number of carbonyl (C=O) groups excluding carboxylic acids is 1. The third kappa shape index (κ3) is 3.92. The molecule has 0 aliphatic carbocycles. The van der Waals surface area contributed by atoms with Gasteiger partial charge in [0.15, 0.2) is 5.76 Å². The van der Waals surface area contributed by atoms with E-state index in [-0.39, 0.29) is 12.0 Å². The van der Waals surface area contributed by atoms with Crippen LogP contribution in [0, 0.1) is 0 Å². The second-order valence-corrected chi connectivity index (χ2v) is 7.22.